The number of nitrogens with one attached hydrogen (secondary N) is 1. The molecule has 0 aliphatic carbocycles. The number of unbranched alkanes of at least 4 members (excludes halogenated alkanes) is 4. The molecule has 1 unspecified atom stereocenters. The van der Waals surface area contributed by atoms with Gasteiger partial charge in [-0.05, 0) is 61.4 Å². The van der Waals surface area contributed by atoms with Crippen LogP contribution in [0, 0.1) is 5.41 Å². The summed E-state index contributed by atoms with van der Waals surface area (Å²) < 4.78 is 27.0. The predicted octanol–water partition coefficient (Wildman–Crippen LogP) is 7.22. The van der Waals surface area contributed by atoms with E-state index < -0.39 is 15.3 Å². The minimum atomic E-state index is -3.53. The first-order chi connectivity index (χ1) is 16.4. The lowest BCUT2D eigenvalue weighted by atomic mass is 9.79. The molecule has 0 bridgehead atoms. The number of aldehydes is 1. The maximum Gasteiger partial charge on any atom is 0.178 e. The summed E-state index contributed by atoms with van der Waals surface area (Å²) in [6.45, 7) is 7.16. The first-order valence-corrected chi connectivity index (χ1v) is 14.6. The van der Waals surface area contributed by atoms with Crippen LogP contribution in [0.4, 0.5) is 5.69 Å². The van der Waals surface area contributed by atoms with Crippen molar-refractivity contribution in [2.45, 2.75) is 89.9 Å². The maximum absolute atomic E-state index is 13.5. The van der Waals surface area contributed by atoms with E-state index in [1.165, 1.54) is 19.3 Å². The Morgan fingerprint density at radius 3 is 2.26 bits per heavy atom. The van der Waals surface area contributed by atoms with Crippen molar-refractivity contribution in [3.05, 3.63) is 59.7 Å². The van der Waals surface area contributed by atoms with Crippen LogP contribution >= 0.6 is 0 Å². The van der Waals surface area contributed by atoms with Gasteiger partial charge in [-0.25, -0.2) is 8.42 Å². The normalized spacial score (nSPS) is 13.4. The highest BCUT2D eigenvalue weighted by Gasteiger charge is 2.30. The molecule has 0 saturated heterocycles. The Kier molecular flexibility index (Phi) is 11.8. The van der Waals surface area contributed by atoms with Crippen LogP contribution in [0.2, 0.25) is 0 Å². The van der Waals surface area contributed by atoms with Gasteiger partial charge in [-0.15, -0.1) is 0 Å². The molecule has 1 atom stereocenters. The third-order valence-electron chi connectivity index (χ3n) is 6.84. The number of anilines is 1. The average Bonchev–Trinajstić information content (AvgIpc) is 2.85. The summed E-state index contributed by atoms with van der Waals surface area (Å²) in [4.78, 5) is 12.3. The number of hydrogen-bond donors (Lipinski definition) is 1. The Bertz CT molecular complexity index is 972. The Morgan fingerprint density at radius 1 is 0.882 bits per heavy atom. The van der Waals surface area contributed by atoms with Crippen LogP contribution in [0.5, 0.6) is 0 Å². The van der Waals surface area contributed by atoms with Crippen LogP contribution in [0.1, 0.15) is 89.7 Å². The van der Waals surface area contributed by atoms with Crippen molar-refractivity contribution in [3.63, 3.8) is 0 Å². The van der Waals surface area contributed by atoms with Gasteiger partial charge in [0.1, 0.15) is 6.29 Å². The van der Waals surface area contributed by atoms with E-state index in [1.807, 2.05) is 49.4 Å². The van der Waals surface area contributed by atoms with Gasteiger partial charge in [0.2, 0.25) is 0 Å². The zero-order chi connectivity index (χ0) is 24.9. The smallest absolute Gasteiger partial charge is 0.178 e. The molecular formula is C29H43NO3S. The van der Waals surface area contributed by atoms with Crippen molar-refractivity contribution in [1.29, 1.82) is 0 Å². The van der Waals surface area contributed by atoms with E-state index in [-0.39, 0.29) is 5.75 Å². The van der Waals surface area contributed by atoms with E-state index in [4.69, 9.17) is 0 Å². The van der Waals surface area contributed by atoms with E-state index >= 15 is 0 Å². The molecular weight excluding hydrogens is 442 g/mol. The number of carbonyl (C=O) groups is 1. The minimum Gasteiger partial charge on any atom is -0.385 e. The van der Waals surface area contributed by atoms with Gasteiger partial charge in [0.15, 0.2) is 9.84 Å². The van der Waals surface area contributed by atoms with E-state index in [0.29, 0.717) is 24.2 Å². The lowest BCUT2D eigenvalue weighted by molar-refractivity contribution is -0.117. The van der Waals surface area contributed by atoms with Gasteiger partial charge >= 0.3 is 0 Å². The number of benzene rings is 2. The molecule has 0 spiro atoms. The Hall–Kier alpha value is -2.14. The molecule has 1 N–H and O–H groups in total. The van der Waals surface area contributed by atoms with Crippen LogP contribution in [-0.2, 0) is 21.1 Å². The summed E-state index contributed by atoms with van der Waals surface area (Å²) >= 11 is 0. The number of rotatable bonds is 17. The van der Waals surface area contributed by atoms with Gasteiger partial charge in [0, 0.05) is 17.6 Å². The Morgan fingerprint density at radius 2 is 1.62 bits per heavy atom. The lowest BCUT2D eigenvalue weighted by Crippen LogP contribution is -2.26. The quantitative estimate of drug-likeness (QED) is 0.190. The average molecular weight is 486 g/mol. The predicted molar refractivity (Wildman–Crippen MR) is 143 cm³/mol. The molecule has 0 radical (unpaired) electrons. The standard InChI is InChI=1S/C29H43NO3S/c1-4-7-9-13-20-30-27-16-17-28(26(23-27)22-25-14-11-10-12-15-25)34(32,33)21-19-29(6-3,24-31)18-8-5-2/h10-12,14-17,23-24,30H,4-9,13,18-22H2,1-3H3. The summed E-state index contributed by atoms with van der Waals surface area (Å²) in [6.07, 6.45) is 10.0. The molecule has 0 heterocycles. The zero-order valence-electron chi connectivity index (χ0n) is 21.3. The summed E-state index contributed by atoms with van der Waals surface area (Å²) in [5, 5.41) is 3.46. The van der Waals surface area contributed by atoms with Gasteiger partial charge < -0.3 is 10.1 Å². The van der Waals surface area contributed by atoms with E-state index in [0.717, 1.165) is 55.3 Å². The molecule has 0 aromatic heterocycles. The number of carbonyl (C=O) groups excluding carboxylic acids is 1. The van der Waals surface area contributed by atoms with Crippen molar-refractivity contribution < 1.29 is 13.2 Å². The van der Waals surface area contributed by atoms with Gasteiger partial charge in [-0.1, -0.05) is 83.2 Å². The Balaban J connectivity index is 2.26. The minimum absolute atomic E-state index is 0.00508. The highest BCUT2D eigenvalue weighted by atomic mass is 32.2. The van der Waals surface area contributed by atoms with Crippen molar-refractivity contribution in [2.75, 3.05) is 17.6 Å². The first-order valence-electron chi connectivity index (χ1n) is 13.0. The second-order valence-corrected chi connectivity index (χ2v) is 11.6. The fourth-order valence-electron chi connectivity index (χ4n) is 4.39. The lowest BCUT2D eigenvalue weighted by Gasteiger charge is -2.26. The third kappa shape index (κ3) is 8.57. The summed E-state index contributed by atoms with van der Waals surface area (Å²) in [5.74, 6) is -0.00508. The first kappa shape index (κ1) is 28.1. The third-order valence-corrected chi connectivity index (χ3v) is 8.65. The molecule has 2 aromatic carbocycles. The van der Waals surface area contributed by atoms with Crippen molar-refractivity contribution >= 4 is 21.8 Å². The molecule has 0 aliphatic rings. The number of sulfone groups is 1. The van der Waals surface area contributed by atoms with Gasteiger partial charge in [-0.3, -0.25) is 0 Å². The monoisotopic (exact) mass is 485 g/mol. The van der Waals surface area contributed by atoms with Crippen molar-refractivity contribution in [2.24, 2.45) is 5.41 Å². The molecule has 0 aliphatic heterocycles. The molecule has 2 aromatic rings. The second kappa shape index (κ2) is 14.3. The largest absolute Gasteiger partial charge is 0.385 e. The van der Waals surface area contributed by atoms with Crippen LogP contribution in [-0.4, -0.2) is 27.0 Å². The zero-order valence-corrected chi connectivity index (χ0v) is 22.1. The summed E-state index contributed by atoms with van der Waals surface area (Å²) in [6, 6.07) is 15.6. The van der Waals surface area contributed by atoms with Crippen LogP contribution in [0.3, 0.4) is 0 Å². The van der Waals surface area contributed by atoms with E-state index in [2.05, 4.69) is 19.2 Å². The van der Waals surface area contributed by atoms with Gasteiger partial charge in [0.05, 0.1) is 10.6 Å². The summed E-state index contributed by atoms with van der Waals surface area (Å²) in [7, 11) is -3.53. The molecule has 4 nitrogen and oxygen atoms in total. The SMILES string of the molecule is CCCCCCNc1ccc(S(=O)(=O)CCC(C=O)(CC)CCCC)c(Cc2ccccc2)c1. The van der Waals surface area contributed by atoms with Gasteiger partial charge in [0.25, 0.3) is 0 Å². The van der Waals surface area contributed by atoms with Crippen molar-refractivity contribution in [1.82, 2.24) is 0 Å². The molecule has 5 heteroatoms. The van der Waals surface area contributed by atoms with E-state index in [9.17, 15) is 13.2 Å². The number of hydrogen-bond acceptors (Lipinski definition) is 4. The maximum atomic E-state index is 13.5. The van der Waals surface area contributed by atoms with Crippen LogP contribution in [0.15, 0.2) is 53.4 Å². The highest BCUT2D eigenvalue weighted by Crippen LogP contribution is 2.33. The molecule has 2 rings (SSSR count). The fourth-order valence-corrected chi connectivity index (χ4v) is 6.09. The highest BCUT2D eigenvalue weighted by molar-refractivity contribution is 7.91. The molecule has 0 amide bonds. The Labute approximate surface area is 207 Å². The second-order valence-electron chi connectivity index (χ2n) is 9.48. The van der Waals surface area contributed by atoms with Crippen LogP contribution in [0.25, 0.3) is 0 Å². The van der Waals surface area contributed by atoms with E-state index in [1.54, 1.807) is 6.07 Å². The van der Waals surface area contributed by atoms with Gasteiger partial charge in [-0.2, -0.15) is 0 Å². The molecule has 0 saturated carbocycles. The summed E-state index contributed by atoms with van der Waals surface area (Å²) in [5.41, 5.74) is 2.30. The molecule has 34 heavy (non-hydrogen) atoms. The van der Waals surface area contributed by atoms with Crippen molar-refractivity contribution in [3.8, 4) is 0 Å². The topological polar surface area (TPSA) is 63.2 Å². The molecule has 188 valence electrons. The van der Waals surface area contributed by atoms with Crippen LogP contribution < -0.4 is 5.32 Å². The fraction of sp³-hybridized carbons (Fsp3) is 0.552. The molecule has 0 fully saturated rings.